The Kier molecular flexibility index (Phi) is 7.86. The molecule has 0 unspecified atom stereocenters. The van der Waals surface area contributed by atoms with Crippen molar-refractivity contribution in [3.8, 4) is 5.75 Å². The van der Waals surface area contributed by atoms with Crippen LogP contribution < -0.4 is 10.3 Å². The van der Waals surface area contributed by atoms with E-state index in [9.17, 15) is 14.0 Å². The summed E-state index contributed by atoms with van der Waals surface area (Å²) in [4.78, 5) is 31.1. The van der Waals surface area contributed by atoms with Gasteiger partial charge in [0.15, 0.2) is 11.6 Å². The molecule has 0 bridgehead atoms. The number of rotatable bonds is 10. The quantitative estimate of drug-likeness (QED) is 0.366. The number of amides is 1. The molecule has 3 heterocycles. The summed E-state index contributed by atoms with van der Waals surface area (Å²) < 4.78 is 26.7. The lowest BCUT2D eigenvalue weighted by atomic mass is 10.1. The Balaban J connectivity index is 1.60. The number of hydrogen-bond acceptors (Lipinski definition) is 6. The van der Waals surface area contributed by atoms with E-state index in [2.05, 4.69) is 15.2 Å². The number of carbonyl (C=O) groups excluding carboxylic acids is 1. The van der Waals surface area contributed by atoms with Crippen molar-refractivity contribution in [2.24, 2.45) is 0 Å². The SMILES string of the molecule is COCc1n[nH]cc1C(=O)N(Cc1ccc(Cn2ccccc2=O)cc1)Cc1nccc(OC)c1F. The van der Waals surface area contributed by atoms with Gasteiger partial charge in [0.05, 0.1) is 38.1 Å². The third-order valence-electron chi connectivity index (χ3n) is 5.65. The highest BCUT2D eigenvalue weighted by Gasteiger charge is 2.24. The number of carbonyl (C=O) groups is 1. The summed E-state index contributed by atoms with van der Waals surface area (Å²) in [6.07, 6.45) is 4.67. The van der Waals surface area contributed by atoms with Crippen molar-refractivity contribution >= 4 is 5.91 Å². The van der Waals surface area contributed by atoms with Gasteiger partial charge in [-0.25, -0.2) is 4.39 Å². The molecule has 1 amide bonds. The van der Waals surface area contributed by atoms with Gasteiger partial charge in [-0.2, -0.15) is 5.10 Å². The Bertz CT molecular complexity index is 1380. The number of ether oxygens (including phenoxy) is 2. The second-order valence-corrected chi connectivity index (χ2v) is 8.10. The monoisotopic (exact) mass is 491 g/mol. The number of nitrogens with zero attached hydrogens (tertiary/aromatic N) is 4. The van der Waals surface area contributed by atoms with Crippen LogP contribution in [0.4, 0.5) is 4.39 Å². The zero-order valence-electron chi connectivity index (χ0n) is 20.0. The van der Waals surface area contributed by atoms with Crippen LogP contribution in [0.3, 0.4) is 0 Å². The van der Waals surface area contributed by atoms with Gasteiger partial charge in [-0.05, 0) is 17.2 Å². The molecule has 1 aromatic carbocycles. The smallest absolute Gasteiger partial charge is 0.258 e. The van der Waals surface area contributed by atoms with Gasteiger partial charge in [0.25, 0.3) is 11.5 Å². The molecule has 10 heteroatoms. The van der Waals surface area contributed by atoms with Crippen molar-refractivity contribution in [1.82, 2.24) is 24.6 Å². The number of aromatic amines is 1. The van der Waals surface area contributed by atoms with Crippen molar-refractivity contribution in [2.45, 2.75) is 26.2 Å². The zero-order chi connectivity index (χ0) is 25.5. The molecular weight excluding hydrogens is 465 g/mol. The third-order valence-corrected chi connectivity index (χ3v) is 5.65. The van der Waals surface area contributed by atoms with Crippen LogP contribution in [0.2, 0.25) is 0 Å². The Morgan fingerprint density at radius 1 is 1.06 bits per heavy atom. The first-order valence-electron chi connectivity index (χ1n) is 11.2. The van der Waals surface area contributed by atoms with Crippen LogP contribution in [0.15, 0.2) is 71.9 Å². The van der Waals surface area contributed by atoms with Gasteiger partial charge in [-0.1, -0.05) is 30.3 Å². The third kappa shape index (κ3) is 5.66. The Morgan fingerprint density at radius 3 is 2.56 bits per heavy atom. The summed E-state index contributed by atoms with van der Waals surface area (Å²) in [7, 11) is 2.89. The van der Waals surface area contributed by atoms with Crippen LogP contribution in [-0.2, 0) is 31.0 Å². The fourth-order valence-corrected chi connectivity index (χ4v) is 3.79. The van der Waals surface area contributed by atoms with Crippen molar-refractivity contribution in [2.75, 3.05) is 14.2 Å². The van der Waals surface area contributed by atoms with Gasteiger partial charge in [0.1, 0.15) is 5.69 Å². The van der Waals surface area contributed by atoms with E-state index in [0.717, 1.165) is 11.1 Å². The Morgan fingerprint density at radius 2 is 1.83 bits per heavy atom. The van der Waals surface area contributed by atoms with E-state index in [1.165, 1.54) is 43.6 Å². The summed E-state index contributed by atoms with van der Waals surface area (Å²) in [5, 5.41) is 6.79. The van der Waals surface area contributed by atoms with Gasteiger partial charge in [-0.15, -0.1) is 0 Å². The average Bonchev–Trinajstić information content (AvgIpc) is 3.35. The summed E-state index contributed by atoms with van der Waals surface area (Å²) >= 11 is 0. The second kappa shape index (κ2) is 11.4. The molecule has 0 spiro atoms. The molecule has 186 valence electrons. The lowest BCUT2D eigenvalue weighted by Crippen LogP contribution is -2.31. The maximum absolute atomic E-state index is 14.9. The maximum Gasteiger partial charge on any atom is 0.258 e. The molecule has 0 atom stereocenters. The average molecular weight is 492 g/mol. The number of pyridine rings is 2. The van der Waals surface area contributed by atoms with E-state index in [-0.39, 0.29) is 42.6 Å². The summed E-state index contributed by atoms with van der Waals surface area (Å²) in [5.74, 6) is -0.915. The van der Waals surface area contributed by atoms with E-state index < -0.39 is 5.82 Å². The fraction of sp³-hybridized carbons (Fsp3) is 0.231. The molecule has 0 aliphatic heterocycles. The minimum absolute atomic E-state index is 0.0521. The van der Waals surface area contributed by atoms with Crippen molar-refractivity contribution in [1.29, 1.82) is 0 Å². The zero-order valence-corrected chi connectivity index (χ0v) is 20.0. The van der Waals surface area contributed by atoms with Crippen LogP contribution in [0.5, 0.6) is 5.75 Å². The second-order valence-electron chi connectivity index (χ2n) is 8.10. The van der Waals surface area contributed by atoms with E-state index >= 15 is 0 Å². The Hall–Kier alpha value is -4.31. The summed E-state index contributed by atoms with van der Waals surface area (Å²) in [5.41, 5.74) is 2.54. The molecule has 4 rings (SSSR count). The summed E-state index contributed by atoms with van der Waals surface area (Å²) in [6, 6.07) is 14.0. The molecular formula is C26H26FN5O4. The lowest BCUT2D eigenvalue weighted by Gasteiger charge is -2.23. The van der Waals surface area contributed by atoms with Gasteiger partial charge >= 0.3 is 0 Å². The van der Waals surface area contributed by atoms with E-state index in [0.29, 0.717) is 17.8 Å². The van der Waals surface area contributed by atoms with Crippen LogP contribution in [0, 0.1) is 5.82 Å². The molecule has 1 N–H and O–H groups in total. The minimum atomic E-state index is -0.620. The van der Waals surface area contributed by atoms with E-state index in [1.807, 2.05) is 24.3 Å². The normalized spacial score (nSPS) is 10.9. The number of benzene rings is 1. The maximum atomic E-state index is 14.9. The predicted molar refractivity (Wildman–Crippen MR) is 130 cm³/mol. The summed E-state index contributed by atoms with van der Waals surface area (Å²) in [6.45, 7) is 0.690. The fourth-order valence-electron chi connectivity index (χ4n) is 3.79. The number of H-pyrrole nitrogens is 1. The molecule has 0 fully saturated rings. The van der Waals surface area contributed by atoms with Gasteiger partial charge in [-0.3, -0.25) is 19.7 Å². The van der Waals surface area contributed by atoms with Crippen molar-refractivity contribution < 1.29 is 18.7 Å². The van der Waals surface area contributed by atoms with E-state index in [1.54, 1.807) is 22.9 Å². The number of methoxy groups -OCH3 is 2. The highest BCUT2D eigenvalue weighted by molar-refractivity contribution is 5.95. The Labute approximate surface area is 207 Å². The van der Waals surface area contributed by atoms with Crippen molar-refractivity contribution in [3.63, 3.8) is 0 Å². The van der Waals surface area contributed by atoms with Crippen molar-refractivity contribution in [3.05, 3.63) is 111 Å². The number of nitrogens with one attached hydrogen (secondary N) is 1. The molecule has 0 aliphatic carbocycles. The van der Waals surface area contributed by atoms with Crippen LogP contribution in [0.25, 0.3) is 0 Å². The number of halogens is 1. The highest BCUT2D eigenvalue weighted by atomic mass is 19.1. The van der Waals surface area contributed by atoms with Gasteiger partial charge in [0.2, 0.25) is 0 Å². The molecule has 0 saturated carbocycles. The molecule has 0 aliphatic rings. The topological polar surface area (TPSA) is 102 Å². The molecule has 3 aromatic heterocycles. The highest BCUT2D eigenvalue weighted by Crippen LogP contribution is 2.22. The first-order valence-corrected chi connectivity index (χ1v) is 11.2. The lowest BCUT2D eigenvalue weighted by molar-refractivity contribution is 0.0720. The molecule has 0 saturated heterocycles. The largest absolute Gasteiger partial charge is 0.494 e. The molecule has 0 radical (unpaired) electrons. The van der Waals surface area contributed by atoms with Crippen LogP contribution in [0.1, 0.15) is 32.9 Å². The first kappa shape index (κ1) is 24.8. The standard InChI is InChI=1S/C26H26FN5O4/c1-35-17-22-20(13-29-30-22)26(34)32(16-21-25(27)23(36-2)10-11-28-21)15-19-8-6-18(7-9-19)14-31-12-4-3-5-24(31)33/h3-13H,14-17H2,1-2H3,(H,29,30). The molecule has 9 nitrogen and oxygen atoms in total. The first-order chi connectivity index (χ1) is 17.5. The van der Waals surface area contributed by atoms with Gasteiger partial charge in [0, 0.05) is 44.4 Å². The van der Waals surface area contributed by atoms with Crippen LogP contribution in [-0.4, -0.2) is 44.8 Å². The molecule has 4 aromatic rings. The predicted octanol–water partition coefficient (Wildman–Crippen LogP) is 3.15. The van der Waals surface area contributed by atoms with Gasteiger partial charge < -0.3 is 18.9 Å². The number of hydrogen-bond donors (Lipinski definition) is 1. The minimum Gasteiger partial charge on any atom is -0.494 e. The number of aromatic nitrogens is 4. The van der Waals surface area contributed by atoms with Crippen LogP contribution >= 0.6 is 0 Å². The van der Waals surface area contributed by atoms with E-state index in [4.69, 9.17) is 9.47 Å². The molecule has 36 heavy (non-hydrogen) atoms.